The van der Waals surface area contributed by atoms with Crippen molar-refractivity contribution in [2.75, 3.05) is 0 Å². The Kier molecular flexibility index (Phi) is 5.40. The first-order valence-corrected chi connectivity index (χ1v) is 6.81. The number of carbonyl (C=O) groups is 1. The number of nitrogens with zero attached hydrogens (tertiary/aromatic N) is 2. The molecule has 7 nitrogen and oxygen atoms in total. The molecular weight excluding hydrogens is 298 g/mol. The SMILES string of the molecule is CC(=O)N/N=C\c1ccccc1OCc1ccc([N+](=O)[O-])cc1. The lowest BCUT2D eigenvalue weighted by Gasteiger charge is -2.08. The van der Waals surface area contributed by atoms with Crippen molar-refractivity contribution in [1.82, 2.24) is 5.43 Å². The van der Waals surface area contributed by atoms with Crippen LogP contribution < -0.4 is 10.2 Å². The molecule has 0 radical (unpaired) electrons. The van der Waals surface area contributed by atoms with Crippen molar-refractivity contribution < 1.29 is 14.5 Å². The molecule has 0 fully saturated rings. The van der Waals surface area contributed by atoms with E-state index in [1.165, 1.54) is 25.3 Å². The molecule has 2 aromatic rings. The Morgan fingerprint density at radius 1 is 1.26 bits per heavy atom. The Labute approximate surface area is 132 Å². The summed E-state index contributed by atoms with van der Waals surface area (Å²) in [6.07, 6.45) is 1.49. The first kappa shape index (κ1) is 16.2. The standard InChI is InChI=1S/C16H15N3O4/c1-12(20)18-17-10-14-4-2-3-5-16(14)23-11-13-6-8-15(9-7-13)19(21)22/h2-10H,11H2,1H3,(H,18,20)/b17-10-. The van der Waals surface area contributed by atoms with Crippen molar-refractivity contribution in [2.24, 2.45) is 5.10 Å². The van der Waals surface area contributed by atoms with Crippen molar-refractivity contribution in [2.45, 2.75) is 13.5 Å². The van der Waals surface area contributed by atoms with Crippen molar-refractivity contribution >= 4 is 17.8 Å². The Bertz CT molecular complexity index is 726. The molecule has 0 aromatic heterocycles. The van der Waals surface area contributed by atoms with Gasteiger partial charge in [0.15, 0.2) is 0 Å². The first-order chi connectivity index (χ1) is 11.1. The van der Waals surface area contributed by atoms with Crippen LogP contribution in [-0.2, 0) is 11.4 Å². The second-order valence-corrected chi connectivity index (χ2v) is 4.68. The number of ether oxygens (including phenoxy) is 1. The molecule has 0 atom stereocenters. The van der Waals surface area contributed by atoms with E-state index in [0.717, 1.165) is 5.56 Å². The average molecular weight is 313 g/mol. The number of benzene rings is 2. The maximum atomic E-state index is 10.8. The lowest BCUT2D eigenvalue weighted by atomic mass is 10.2. The summed E-state index contributed by atoms with van der Waals surface area (Å²) in [5.74, 6) is 0.338. The summed E-state index contributed by atoms with van der Waals surface area (Å²) < 4.78 is 5.71. The molecular formula is C16H15N3O4. The predicted molar refractivity (Wildman–Crippen MR) is 85.3 cm³/mol. The fourth-order valence-electron chi connectivity index (χ4n) is 1.79. The van der Waals surface area contributed by atoms with E-state index >= 15 is 0 Å². The molecule has 2 rings (SSSR count). The lowest BCUT2D eigenvalue weighted by Crippen LogP contribution is -2.12. The van der Waals surface area contributed by atoms with Crippen LogP contribution in [0.3, 0.4) is 0 Å². The molecule has 0 unspecified atom stereocenters. The van der Waals surface area contributed by atoms with Crippen LogP contribution in [0, 0.1) is 10.1 Å². The molecule has 7 heteroatoms. The zero-order chi connectivity index (χ0) is 16.7. The van der Waals surface area contributed by atoms with Gasteiger partial charge in [0, 0.05) is 24.6 Å². The van der Waals surface area contributed by atoms with Gasteiger partial charge in [0.1, 0.15) is 12.4 Å². The van der Waals surface area contributed by atoms with Crippen LogP contribution in [0.15, 0.2) is 53.6 Å². The van der Waals surface area contributed by atoms with Crippen LogP contribution in [0.25, 0.3) is 0 Å². The largest absolute Gasteiger partial charge is 0.488 e. The fraction of sp³-hybridized carbons (Fsp3) is 0.125. The highest BCUT2D eigenvalue weighted by Crippen LogP contribution is 2.18. The number of nitro benzene ring substituents is 1. The molecule has 0 spiro atoms. The van der Waals surface area contributed by atoms with Gasteiger partial charge in [-0.15, -0.1) is 0 Å². The highest BCUT2D eigenvalue weighted by molar-refractivity contribution is 5.84. The number of hydrogen-bond acceptors (Lipinski definition) is 5. The van der Waals surface area contributed by atoms with Crippen molar-refractivity contribution in [3.63, 3.8) is 0 Å². The zero-order valence-corrected chi connectivity index (χ0v) is 12.4. The maximum Gasteiger partial charge on any atom is 0.269 e. The van der Waals surface area contributed by atoms with Crippen LogP contribution in [0.4, 0.5) is 5.69 Å². The molecule has 1 amide bonds. The number of nitro groups is 1. The predicted octanol–water partition coefficient (Wildman–Crippen LogP) is 2.64. The Balaban J connectivity index is 2.04. The van der Waals surface area contributed by atoms with Gasteiger partial charge in [-0.05, 0) is 29.8 Å². The fourth-order valence-corrected chi connectivity index (χ4v) is 1.79. The third-order valence-corrected chi connectivity index (χ3v) is 2.89. The second kappa shape index (κ2) is 7.69. The molecule has 1 N–H and O–H groups in total. The van der Waals surface area contributed by atoms with E-state index in [1.54, 1.807) is 24.3 Å². The number of para-hydroxylation sites is 1. The summed E-state index contributed by atoms with van der Waals surface area (Å²) in [4.78, 5) is 21.0. The van der Waals surface area contributed by atoms with Gasteiger partial charge in [-0.1, -0.05) is 12.1 Å². The topological polar surface area (TPSA) is 93.8 Å². The number of nitrogens with one attached hydrogen (secondary N) is 1. The summed E-state index contributed by atoms with van der Waals surface area (Å²) in [7, 11) is 0. The van der Waals surface area contributed by atoms with E-state index < -0.39 is 4.92 Å². The smallest absolute Gasteiger partial charge is 0.269 e. The highest BCUT2D eigenvalue weighted by atomic mass is 16.6. The number of carbonyl (C=O) groups excluding carboxylic acids is 1. The molecule has 0 aliphatic heterocycles. The molecule has 23 heavy (non-hydrogen) atoms. The normalized spacial score (nSPS) is 10.5. The third-order valence-electron chi connectivity index (χ3n) is 2.89. The van der Waals surface area contributed by atoms with E-state index in [2.05, 4.69) is 10.5 Å². The van der Waals surface area contributed by atoms with Crippen molar-refractivity contribution in [1.29, 1.82) is 0 Å². The highest BCUT2D eigenvalue weighted by Gasteiger charge is 2.05. The van der Waals surface area contributed by atoms with Gasteiger partial charge in [-0.25, -0.2) is 5.43 Å². The van der Waals surface area contributed by atoms with E-state index in [0.29, 0.717) is 11.3 Å². The Morgan fingerprint density at radius 3 is 2.61 bits per heavy atom. The summed E-state index contributed by atoms with van der Waals surface area (Å²) in [6.45, 7) is 1.64. The molecule has 0 aliphatic rings. The molecule has 0 saturated heterocycles. The van der Waals surface area contributed by atoms with Crippen LogP contribution in [0.2, 0.25) is 0 Å². The monoisotopic (exact) mass is 313 g/mol. The Morgan fingerprint density at radius 2 is 1.96 bits per heavy atom. The number of amides is 1. The van der Waals surface area contributed by atoms with E-state index in [4.69, 9.17) is 4.74 Å². The summed E-state index contributed by atoms with van der Waals surface area (Å²) in [5.41, 5.74) is 3.88. The van der Waals surface area contributed by atoms with Gasteiger partial charge < -0.3 is 4.74 Å². The maximum absolute atomic E-state index is 10.8. The van der Waals surface area contributed by atoms with Crippen LogP contribution in [0.1, 0.15) is 18.1 Å². The van der Waals surface area contributed by atoms with Gasteiger partial charge in [0.25, 0.3) is 5.69 Å². The van der Waals surface area contributed by atoms with Crippen LogP contribution >= 0.6 is 0 Å². The molecule has 0 saturated carbocycles. The number of rotatable bonds is 6. The van der Waals surface area contributed by atoms with Gasteiger partial charge in [0.05, 0.1) is 11.1 Å². The van der Waals surface area contributed by atoms with Gasteiger partial charge in [-0.3, -0.25) is 14.9 Å². The van der Waals surface area contributed by atoms with Crippen LogP contribution in [-0.4, -0.2) is 17.0 Å². The number of hydrazone groups is 1. The Hall–Kier alpha value is -3.22. The first-order valence-electron chi connectivity index (χ1n) is 6.81. The van der Waals surface area contributed by atoms with Crippen LogP contribution in [0.5, 0.6) is 5.75 Å². The number of non-ortho nitro benzene ring substituents is 1. The molecule has 0 heterocycles. The third kappa shape index (κ3) is 4.92. The van der Waals surface area contributed by atoms with Gasteiger partial charge in [-0.2, -0.15) is 5.10 Å². The lowest BCUT2D eigenvalue weighted by molar-refractivity contribution is -0.384. The van der Waals surface area contributed by atoms with Crippen molar-refractivity contribution in [3.05, 3.63) is 69.8 Å². The minimum absolute atomic E-state index is 0.0385. The number of hydrogen-bond donors (Lipinski definition) is 1. The minimum Gasteiger partial charge on any atom is -0.488 e. The van der Waals surface area contributed by atoms with Crippen molar-refractivity contribution in [3.8, 4) is 5.75 Å². The molecule has 0 aliphatic carbocycles. The molecule has 118 valence electrons. The quantitative estimate of drug-likeness (QED) is 0.504. The summed E-state index contributed by atoms with van der Waals surface area (Å²) in [6, 6.07) is 13.4. The zero-order valence-electron chi connectivity index (χ0n) is 12.4. The molecule has 2 aromatic carbocycles. The van der Waals surface area contributed by atoms with E-state index in [1.807, 2.05) is 12.1 Å². The summed E-state index contributed by atoms with van der Waals surface area (Å²) >= 11 is 0. The minimum atomic E-state index is -0.446. The van der Waals surface area contributed by atoms with E-state index in [-0.39, 0.29) is 18.2 Å². The summed E-state index contributed by atoms with van der Waals surface area (Å²) in [5, 5.41) is 14.4. The van der Waals surface area contributed by atoms with Gasteiger partial charge >= 0.3 is 0 Å². The van der Waals surface area contributed by atoms with E-state index in [9.17, 15) is 14.9 Å². The average Bonchev–Trinajstić information content (AvgIpc) is 2.54. The second-order valence-electron chi connectivity index (χ2n) is 4.68. The molecule has 0 bridgehead atoms. The van der Waals surface area contributed by atoms with Gasteiger partial charge in [0.2, 0.25) is 5.91 Å².